The number of nitrogens with one attached hydrogen (secondary N) is 1. The van der Waals surface area contributed by atoms with Crippen molar-refractivity contribution in [1.29, 1.82) is 0 Å². The highest BCUT2D eigenvalue weighted by Crippen LogP contribution is 2.57. The van der Waals surface area contributed by atoms with E-state index in [-0.39, 0.29) is 16.9 Å². The Morgan fingerprint density at radius 1 is 1.23 bits per heavy atom. The summed E-state index contributed by atoms with van der Waals surface area (Å²) < 4.78 is 69.3. The van der Waals surface area contributed by atoms with E-state index >= 15 is 0 Å². The lowest BCUT2D eigenvalue weighted by Gasteiger charge is -2.25. The lowest BCUT2D eigenvalue weighted by Crippen LogP contribution is -2.46. The SMILES string of the molecule is CC[C@H](NC(=O)c1cn(-c2ncc(F)cc2F)c2nc(N3C(=O)C(C)(C)C(O)C34CC4)ccc2c1=O)C(F)(F)F. The van der Waals surface area contributed by atoms with E-state index in [0.717, 1.165) is 10.8 Å². The number of fused-ring (bicyclic) bond motifs is 1. The van der Waals surface area contributed by atoms with Crippen molar-refractivity contribution in [1.82, 2.24) is 19.9 Å². The van der Waals surface area contributed by atoms with Crippen LogP contribution < -0.4 is 15.6 Å². The lowest BCUT2D eigenvalue weighted by molar-refractivity contribution is -0.153. The molecular weight excluding hydrogens is 541 g/mol. The van der Waals surface area contributed by atoms with Gasteiger partial charge in [0.1, 0.15) is 23.2 Å². The molecule has 2 amide bonds. The molecule has 4 heterocycles. The number of anilines is 1. The van der Waals surface area contributed by atoms with Gasteiger partial charge in [0.2, 0.25) is 11.3 Å². The predicted molar refractivity (Wildman–Crippen MR) is 132 cm³/mol. The highest BCUT2D eigenvalue weighted by Gasteiger charge is 2.69. The largest absolute Gasteiger partial charge is 0.408 e. The molecule has 3 aromatic rings. The second kappa shape index (κ2) is 9.04. The predicted octanol–water partition coefficient (Wildman–Crippen LogP) is 3.40. The van der Waals surface area contributed by atoms with Gasteiger partial charge in [-0.3, -0.25) is 23.9 Å². The van der Waals surface area contributed by atoms with Crippen molar-refractivity contribution in [3.8, 4) is 5.82 Å². The number of carbonyl (C=O) groups is 2. The molecule has 9 nitrogen and oxygen atoms in total. The van der Waals surface area contributed by atoms with E-state index in [0.29, 0.717) is 25.1 Å². The number of amides is 2. The number of aliphatic hydroxyl groups excluding tert-OH is 1. The van der Waals surface area contributed by atoms with Crippen LogP contribution in [0.2, 0.25) is 0 Å². The zero-order valence-corrected chi connectivity index (χ0v) is 21.5. The number of halogens is 5. The molecule has 40 heavy (non-hydrogen) atoms. The van der Waals surface area contributed by atoms with E-state index in [9.17, 15) is 41.4 Å². The second-order valence-corrected chi connectivity index (χ2v) is 10.6. The Labute approximate surface area is 223 Å². The van der Waals surface area contributed by atoms with E-state index in [2.05, 4.69) is 9.97 Å². The Balaban J connectivity index is 1.72. The Bertz CT molecular complexity index is 1620. The van der Waals surface area contributed by atoms with Gasteiger partial charge in [0, 0.05) is 12.3 Å². The summed E-state index contributed by atoms with van der Waals surface area (Å²) in [6, 6.07) is 0.752. The number of nitrogens with zero attached hydrogens (tertiary/aromatic N) is 4. The van der Waals surface area contributed by atoms with Gasteiger partial charge in [-0.1, -0.05) is 6.92 Å². The third kappa shape index (κ3) is 4.12. The maximum atomic E-state index is 14.9. The van der Waals surface area contributed by atoms with Crippen molar-refractivity contribution in [2.45, 2.75) is 63.9 Å². The summed E-state index contributed by atoms with van der Waals surface area (Å²) in [5.74, 6) is -4.61. The number of aliphatic hydroxyl groups is 1. The summed E-state index contributed by atoms with van der Waals surface area (Å²) in [5.41, 5.74) is -4.12. The summed E-state index contributed by atoms with van der Waals surface area (Å²) in [5, 5.41) is 12.4. The van der Waals surface area contributed by atoms with E-state index in [1.165, 1.54) is 24.0 Å². The topological polar surface area (TPSA) is 117 Å². The first kappa shape index (κ1) is 27.6. The summed E-state index contributed by atoms with van der Waals surface area (Å²) in [6.07, 6.45) is -3.90. The summed E-state index contributed by atoms with van der Waals surface area (Å²) in [6.45, 7) is 4.37. The lowest BCUT2D eigenvalue weighted by atomic mass is 9.86. The zero-order chi connectivity index (χ0) is 29.4. The summed E-state index contributed by atoms with van der Waals surface area (Å²) in [4.78, 5) is 48.9. The first-order valence-corrected chi connectivity index (χ1v) is 12.4. The number of aromatic nitrogens is 3. The standard InChI is InChI=1S/C26H24F5N5O4/c1-4-16(26(29,30)31)33-21(38)14-11-35(20-15(28)9-12(27)10-32-20)19-13(18(14)37)5-6-17(34-19)36-23(40)24(2,3)22(39)25(36)7-8-25/h5-6,9-11,16,22,39H,4,7-8H2,1-3H3,(H,33,38)/t16-,22?/m0/s1. The van der Waals surface area contributed by atoms with E-state index < -0.39 is 76.0 Å². The van der Waals surface area contributed by atoms with Crippen molar-refractivity contribution in [2.75, 3.05) is 4.90 Å². The number of pyridine rings is 3. The van der Waals surface area contributed by atoms with Crippen LogP contribution in [0.1, 0.15) is 50.4 Å². The normalized spacial score (nSPS) is 20.3. The average molecular weight is 565 g/mol. The van der Waals surface area contributed by atoms with Gasteiger partial charge in [-0.05, 0) is 45.2 Å². The molecule has 1 saturated heterocycles. The minimum absolute atomic E-state index is 0.0237. The molecule has 2 fully saturated rings. The third-order valence-electron chi connectivity index (χ3n) is 7.59. The quantitative estimate of drug-likeness (QED) is 0.458. The van der Waals surface area contributed by atoms with Crippen molar-refractivity contribution < 1.29 is 36.6 Å². The number of carbonyl (C=O) groups excluding carboxylic acids is 2. The molecule has 212 valence electrons. The first-order valence-electron chi connectivity index (χ1n) is 12.4. The van der Waals surface area contributed by atoms with Crippen LogP contribution in [0.5, 0.6) is 0 Å². The molecule has 1 unspecified atom stereocenters. The van der Waals surface area contributed by atoms with Crippen LogP contribution in [-0.4, -0.2) is 55.3 Å². The van der Waals surface area contributed by atoms with Crippen LogP contribution in [0.3, 0.4) is 0 Å². The van der Waals surface area contributed by atoms with Gasteiger partial charge < -0.3 is 10.4 Å². The minimum atomic E-state index is -4.79. The fourth-order valence-electron chi connectivity index (χ4n) is 5.24. The molecule has 0 radical (unpaired) electrons. The zero-order valence-electron chi connectivity index (χ0n) is 21.5. The van der Waals surface area contributed by atoms with Crippen LogP contribution in [0.25, 0.3) is 16.9 Å². The molecular formula is C26H24F5N5O4. The van der Waals surface area contributed by atoms with Crippen LogP contribution in [0.15, 0.2) is 35.4 Å². The molecule has 5 rings (SSSR count). The monoisotopic (exact) mass is 565 g/mol. The highest BCUT2D eigenvalue weighted by atomic mass is 19.4. The molecule has 2 atom stereocenters. The second-order valence-electron chi connectivity index (χ2n) is 10.6. The Morgan fingerprint density at radius 3 is 2.48 bits per heavy atom. The Kier molecular flexibility index (Phi) is 6.25. The molecule has 14 heteroatoms. The summed E-state index contributed by atoms with van der Waals surface area (Å²) >= 11 is 0. The van der Waals surface area contributed by atoms with Crippen LogP contribution in [0, 0.1) is 17.0 Å². The maximum absolute atomic E-state index is 14.9. The van der Waals surface area contributed by atoms with Gasteiger partial charge in [0.05, 0.1) is 28.6 Å². The number of alkyl halides is 3. The van der Waals surface area contributed by atoms with E-state index in [4.69, 9.17) is 0 Å². The molecule has 1 aliphatic carbocycles. The molecule has 2 N–H and O–H groups in total. The summed E-state index contributed by atoms with van der Waals surface area (Å²) in [7, 11) is 0. The molecule has 1 spiro atoms. The van der Waals surface area contributed by atoms with Gasteiger partial charge in [-0.15, -0.1) is 0 Å². The smallest absolute Gasteiger partial charge is 0.390 e. The van der Waals surface area contributed by atoms with Crippen molar-refractivity contribution in [3.63, 3.8) is 0 Å². The fourth-order valence-corrected chi connectivity index (χ4v) is 5.24. The average Bonchev–Trinajstić information content (AvgIpc) is 3.65. The maximum Gasteiger partial charge on any atom is 0.408 e. The molecule has 1 saturated carbocycles. The van der Waals surface area contributed by atoms with Crippen molar-refractivity contribution >= 4 is 28.7 Å². The first-order chi connectivity index (χ1) is 18.6. The Hall–Kier alpha value is -3.94. The number of rotatable bonds is 5. The third-order valence-corrected chi connectivity index (χ3v) is 7.59. The van der Waals surface area contributed by atoms with Gasteiger partial charge in [0.25, 0.3) is 5.91 Å². The van der Waals surface area contributed by atoms with Crippen molar-refractivity contribution in [2.24, 2.45) is 5.41 Å². The van der Waals surface area contributed by atoms with Gasteiger partial charge in [-0.25, -0.2) is 18.7 Å². The number of hydrogen-bond donors (Lipinski definition) is 2. The molecule has 0 aromatic carbocycles. The molecule has 1 aliphatic heterocycles. The van der Waals surface area contributed by atoms with Crippen LogP contribution in [0.4, 0.5) is 27.8 Å². The number of hydrogen-bond acceptors (Lipinski definition) is 6. The van der Waals surface area contributed by atoms with E-state index in [1.807, 2.05) is 0 Å². The Morgan fingerprint density at radius 2 is 1.90 bits per heavy atom. The van der Waals surface area contributed by atoms with Gasteiger partial charge in [-0.2, -0.15) is 13.2 Å². The van der Waals surface area contributed by atoms with Crippen molar-refractivity contribution in [3.05, 3.63) is 58.0 Å². The van der Waals surface area contributed by atoms with Gasteiger partial charge in [0.15, 0.2) is 17.3 Å². The van der Waals surface area contributed by atoms with E-state index in [1.54, 1.807) is 19.2 Å². The minimum Gasteiger partial charge on any atom is -0.390 e. The van der Waals surface area contributed by atoms with Gasteiger partial charge >= 0.3 is 6.18 Å². The van der Waals surface area contributed by atoms with Crippen LogP contribution in [-0.2, 0) is 4.79 Å². The highest BCUT2D eigenvalue weighted by molar-refractivity contribution is 6.03. The molecule has 0 bridgehead atoms. The van der Waals surface area contributed by atoms with Crippen LogP contribution >= 0.6 is 0 Å². The fraction of sp³-hybridized carbons (Fsp3) is 0.423. The molecule has 3 aromatic heterocycles. The molecule has 2 aliphatic rings.